The molecule has 0 radical (unpaired) electrons. The molecule has 1 unspecified atom stereocenters. The first-order valence-electron chi connectivity index (χ1n) is 6.02. The van der Waals surface area contributed by atoms with E-state index in [1.54, 1.807) is 11.9 Å². The zero-order chi connectivity index (χ0) is 13.5. The van der Waals surface area contributed by atoms with Gasteiger partial charge in [-0.1, -0.05) is 6.92 Å². The maximum absolute atomic E-state index is 12.7. The molecule has 1 aromatic heterocycles. The normalized spacial score (nSPS) is 12.2. The average Bonchev–Trinajstić information content (AvgIpc) is 2.38. The van der Waals surface area contributed by atoms with Crippen LogP contribution in [-0.4, -0.2) is 40.4 Å². The second kappa shape index (κ2) is 7.36. The number of rotatable bonds is 6. The lowest BCUT2D eigenvalue weighted by atomic mass is 10.2. The summed E-state index contributed by atoms with van der Waals surface area (Å²) in [7, 11) is 1.77. The summed E-state index contributed by atoms with van der Waals surface area (Å²) in [6.45, 7) is 4.14. The van der Waals surface area contributed by atoms with Crippen LogP contribution in [0.2, 0.25) is 0 Å². The van der Waals surface area contributed by atoms with Crippen LogP contribution in [0.25, 0.3) is 0 Å². The number of halogens is 1. The van der Waals surface area contributed by atoms with E-state index < -0.39 is 5.95 Å². The topological polar surface area (TPSA) is 33.2 Å². The zero-order valence-electron chi connectivity index (χ0n) is 11.0. The number of nitrogens with zero attached hydrogens (tertiary/aromatic N) is 2. The van der Waals surface area contributed by atoms with Crippen molar-refractivity contribution in [2.45, 2.75) is 26.3 Å². The third-order valence-corrected chi connectivity index (χ3v) is 3.77. The van der Waals surface area contributed by atoms with Gasteiger partial charge >= 0.3 is 0 Å². The standard InChI is InChI=1S/C13H19FN2OS/c1-4-18-8-7-10(2)16(3)13(17)11-5-6-12(14)15-9-11/h5-6,9-10H,4,7-8H2,1-3H3. The number of carbonyl (C=O) groups excluding carboxylic acids is 1. The van der Waals surface area contributed by atoms with Gasteiger partial charge in [-0.25, -0.2) is 4.98 Å². The van der Waals surface area contributed by atoms with E-state index in [1.807, 2.05) is 18.7 Å². The molecule has 1 heterocycles. The van der Waals surface area contributed by atoms with Crippen molar-refractivity contribution in [2.75, 3.05) is 18.6 Å². The number of hydrogen-bond acceptors (Lipinski definition) is 3. The smallest absolute Gasteiger partial charge is 0.255 e. The van der Waals surface area contributed by atoms with Crippen LogP contribution in [0.4, 0.5) is 4.39 Å². The third kappa shape index (κ3) is 4.29. The Morgan fingerprint density at radius 1 is 1.56 bits per heavy atom. The quantitative estimate of drug-likeness (QED) is 0.588. The molecule has 0 saturated carbocycles. The molecule has 1 aromatic rings. The van der Waals surface area contributed by atoms with Gasteiger partial charge in [0.15, 0.2) is 0 Å². The van der Waals surface area contributed by atoms with Crippen LogP contribution in [0.3, 0.4) is 0 Å². The Hall–Kier alpha value is -1.10. The predicted octanol–water partition coefficient (Wildman–Crippen LogP) is 2.82. The Balaban J connectivity index is 2.57. The van der Waals surface area contributed by atoms with Crippen LogP contribution in [-0.2, 0) is 0 Å². The van der Waals surface area contributed by atoms with E-state index in [2.05, 4.69) is 11.9 Å². The molecule has 1 amide bonds. The van der Waals surface area contributed by atoms with Gasteiger partial charge in [0.1, 0.15) is 0 Å². The van der Waals surface area contributed by atoms with Crippen molar-refractivity contribution in [3.05, 3.63) is 29.8 Å². The molecule has 0 aliphatic rings. The highest BCUT2D eigenvalue weighted by Gasteiger charge is 2.17. The van der Waals surface area contributed by atoms with Crippen LogP contribution in [0.1, 0.15) is 30.6 Å². The lowest BCUT2D eigenvalue weighted by Crippen LogP contribution is -2.35. The van der Waals surface area contributed by atoms with Gasteiger partial charge in [-0.15, -0.1) is 0 Å². The van der Waals surface area contributed by atoms with Gasteiger partial charge in [-0.05, 0) is 37.0 Å². The SMILES string of the molecule is CCSCCC(C)N(C)C(=O)c1ccc(F)nc1. The van der Waals surface area contributed by atoms with Crippen molar-refractivity contribution in [1.82, 2.24) is 9.88 Å². The molecule has 0 spiro atoms. The average molecular weight is 270 g/mol. The molecular formula is C13H19FN2OS. The van der Waals surface area contributed by atoms with E-state index in [0.717, 1.165) is 17.9 Å². The zero-order valence-corrected chi connectivity index (χ0v) is 11.8. The van der Waals surface area contributed by atoms with Gasteiger partial charge in [-0.2, -0.15) is 16.2 Å². The lowest BCUT2D eigenvalue weighted by Gasteiger charge is -2.24. The fourth-order valence-corrected chi connectivity index (χ4v) is 2.29. The van der Waals surface area contributed by atoms with E-state index in [4.69, 9.17) is 0 Å². The summed E-state index contributed by atoms with van der Waals surface area (Å²) in [6.07, 6.45) is 2.23. The van der Waals surface area contributed by atoms with Gasteiger partial charge in [-0.3, -0.25) is 4.79 Å². The number of hydrogen-bond donors (Lipinski definition) is 0. The molecule has 1 atom stereocenters. The Morgan fingerprint density at radius 3 is 2.83 bits per heavy atom. The maximum Gasteiger partial charge on any atom is 0.255 e. The Morgan fingerprint density at radius 2 is 2.28 bits per heavy atom. The fourth-order valence-electron chi connectivity index (χ4n) is 1.50. The largest absolute Gasteiger partial charge is 0.339 e. The number of carbonyl (C=O) groups is 1. The minimum atomic E-state index is -0.568. The maximum atomic E-state index is 12.7. The summed E-state index contributed by atoms with van der Waals surface area (Å²) in [6, 6.07) is 2.84. The number of aromatic nitrogens is 1. The minimum Gasteiger partial charge on any atom is -0.339 e. The van der Waals surface area contributed by atoms with Gasteiger partial charge in [0.05, 0.1) is 5.56 Å². The highest BCUT2D eigenvalue weighted by molar-refractivity contribution is 7.99. The summed E-state index contributed by atoms with van der Waals surface area (Å²) in [5.41, 5.74) is 0.425. The monoisotopic (exact) mass is 270 g/mol. The van der Waals surface area contributed by atoms with Crippen LogP contribution in [0.5, 0.6) is 0 Å². The summed E-state index contributed by atoms with van der Waals surface area (Å²) >= 11 is 1.86. The minimum absolute atomic E-state index is 0.114. The predicted molar refractivity (Wildman–Crippen MR) is 73.4 cm³/mol. The molecule has 0 aliphatic carbocycles. The highest BCUT2D eigenvalue weighted by Crippen LogP contribution is 2.11. The van der Waals surface area contributed by atoms with E-state index >= 15 is 0 Å². The molecule has 18 heavy (non-hydrogen) atoms. The summed E-state index contributed by atoms with van der Waals surface area (Å²) in [5.74, 6) is 1.45. The Bertz CT molecular complexity index is 383. The first-order valence-corrected chi connectivity index (χ1v) is 7.18. The van der Waals surface area contributed by atoms with Crippen molar-refractivity contribution in [1.29, 1.82) is 0 Å². The van der Waals surface area contributed by atoms with Crippen molar-refractivity contribution >= 4 is 17.7 Å². The third-order valence-electron chi connectivity index (χ3n) is 2.84. The molecule has 0 aromatic carbocycles. The van der Waals surface area contributed by atoms with Crippen molar-refractivity contribution in [2.24, 2.45) is 0 Å². The summed E-state index contributed by atoms with van der Waals surface area (Å²) in [4.78, 5) is 17.3. The van der Waals surface area contributed by atoms with Crippen LogP contribution < -0.4 is 0 Å². The van der Waals surface area contributed by atoms with Crippen molar-refractivity contribution < 1.29 is 9.18 Å². The van der Waals surface area contributed by atoms with Crippen molar-refractivity contribution in [3.8, 4) is 0 Å². The molecule has 0 N–H and O–H groups in total. The number of pyridine rings is 1. The van der Waals surface area contributed by atoms with Crippen LogP contribution in [0.15, 0.2) is 18.3 Å². The van der Waals surface area contributed by atoms with Gasteiger partial charge in [0.25, 0.3) is 5.91 Å². The van der Waals surface area contributed by atoms with Gasteiger partial charge < -0.3 is 4.90 Å². The second-order valence-electron chi connectivity index (χ2n) is 4.12. The Kier molecular flexibility index (Phi) is 6.12. The van der Waals surface area contributed by atoms with E-state index in [0.29, 0.717) is 5.56 Å². The van der Waals surface area contributed by atoms with Gasteiger partial charge in [0.2, 0.25) is 5.95 Å². The molecule has 0 bridgehead atoms. The number of amides is 1. The summed E-state index contributed by atoms with van der Waals surface area (Å²) in [5, 5.41) is 0. The van der Waals surface area contributed by atoms with Gasteiger partial charge in [0, 0.05) is 19.3 Å². The molecular weight excluding hydrogens is 251 g/mol. The van der Waals surface area contributed by atoms with E-state index in [9.17, 15) is 9.18 Å². The fraction of sp³-hybridized carbons (Fsp3) is 0.538. The van der Waals surface area contributed by atoms with Crippen molar-refractivity contribution in [3.63, 3.8) is 0 Å². The molecule has 0 fully saturated rings. The van der Waals surface area contributed by atoms with E-state index in [-0.39, 0.29) is 11.9 Å². The number of thioether (sulfide) groups is 1. The first-order chi connectivity index (χ1) is 8.56. The molecule has 0 aliphatic heterocycles. The molecule has 3 nitrogen and oxygen atoms in total. The lowest BCUT2D eigenvalue weighted by molar-refractivity contribution is 0.0741. The van der Waals surface area contributed by atoms with Crippen LogP contribution >= 0.6 is 11.8 Å². The highest BCUT2D eigenvalue weighted by atomic mass is 32.2. The summed E-state index contributed by atoms with van der Waals surface area (Å²) < 4.78 is 12.7. The van der Waals surface area contributed by atoms with Crippen LogP contribution in [0, 0.1) is 5.95 Å². The molecule has 100 valence electrons. The van der Waals surface area contributed by atoms with E-state index in [1.165, 1.54) is 18.3 Å². The first kappa shape index (κ1) is 15.0. The molecule has 1 rings (SSSR count). The second-order valence-corrected chi connectivity index (χ2v) is 5.51. The Labute approximate surface area is 112 Å². The molecule has 5 heteroatoms. The molecule has 0 saturated heterocycles.